The lowest BCUT2D eigenvalue weighted by Gasteiger charge is -2.35. The summed E-state index contributed by atoms with van der Waals surface area (Å²) in [6.45, 7) is 4.08. The Morgan fingerprint density at radius 1 is 1.14 bits per heavy atom. The Kier molecular flexibility index (Phi) is 6.33. The first kappa shape index (κ1) is 20.3. The Bertz CT molecular complexity index is 841. The quantitative estimate of drug-likeness (QED) is 0.710. The molecule has 1 fully saturated rings. The highest BCUT2D eigenvalue weighted by Crippen LogP contribution is 2.29. The molecular formula is C19H23F2N5OS. The number of halogens is 2. The number of piperazine rings is 1. The van der Waals surface area contributed by atoms with Crippen LogP contribution in [0.3, 0.4) is 0 Å². The number of anilines is 2. The highest BCUT2D eigenvalue weighted by Gasteiger charge is 2.26. The summed E-state index contributed by atoms with van der Waals surface area (Å²) in [7, 11) is 3.86. The van der Waals surface area contributed by atoms with Gasteiger partial charge in [0.25, 0.3) is 11.7 Å². The van der Waals surface area contributed by atoms with Crippen molar-refractivity contribution in [3.05, 3.63) is 41.6 Å². The standard InChI is InChI=1S/C19H23F2N5OS/c1-13-12-16(24(2)3)23-19(22-13)26-10-8-25(9-11-26)17(27)14-6-4-5-7-15(14)28-18(20)21/h4-7,12,18H,8-11H2,1-3H3. The van der Waals surface area contributed by atoms with Gasteiger partial charge in [-0.05, 0) is 19.1 Å². The molecular weight excluding hydrogens is 384 g/mol. The summed E-state index contributed by atoms with van der Waals surface area (Å²) in [6, 6.07) is 8.44. The highest BCUT2D eigenvalue weighted by molar-refractivity contribution is 7.99. The van der Waals surface area contributed by atoms with Crippen LogP contribution >= 0.6 is 11.8 Å². The molecule has 0 unspecified atom stereocenters. The van der Waals surface area contributed by atoms with Gasteiger partial charge in [0.15, 0.2) is 0 Å². The molecule has 0 radical (unpaired) electrons. The second-order valence-electron chi connectivity index (χ2n) is 6.72. The van der Waals surface area contributed by atoms with Gasteiger partial charge in [-0.15, -0.1) is 0 Å². The van der Waals surface area contributed by atoms with Crippen LogP contribution < -0.4 is 9.80 Å². The van der Waals surface area contributed by atoms with Gasteiger partial charge in [0.2, 0.25) is 5.95 Å². The Morgan fingerprint density at radius 3 is 2.46 bits per heavy atom. The van der Waals surface area contributed by atoms with Crippen molar-refractivity contribution in [1.29, 1.82) is 0 Å². The maximum atomic E-state index is 12.9. The van der Waals surface area contributed by atoms with Crippen LogP contribution in [0.1, 0.15) is 16.1 Å². The number of alkyl halides is 2. The predicted molar refractivity (Wildman–Crippen MR) is 108 cm³/mol. The Morgan fingerprint density at radius 2 is 1.82 bits per heavy atom. The molecule has 2 aromatic rings. The third-order valence-electron chi connectivity index (χ3n) is 4.47. The van der Waals surface area contributed by atoms with E-state index >= 15 is 0 Å². The average Bonchev–Trinajstić information content (AvgIpc) is 2.67. The van der Waals surface area contributed by atoms with E-state index in [0.29, 0.717) is 54.3 Å². The van der Waals surface area contributed by atoms with Crippen LogP contribution in [0.5, 0.6) is 0 Å². The van der Waals surface area contributed by atoms with Crippen molar-refractivity contribution >= 4 is 29.4 Å². The zero-order valence-corrected chi connectivity index (χ0v) is 16.9. The van der Waals surface area contributed by atoms with Gasteiger partial charge in [-0.1, -0.05) is 23.9 Å². The van der Waals surface area contributed by atoms with Crippen LogP contribution in [-0.4, -0.2) is 66.8 Å². The molecule has 1 amide bonds. The van der Waals surface area contributed by atoms with E-state index in [0.717, 1.165) is 11.5 Å². The zero-order chi connectivity index (χ0) is 20.3. The lowest BCUT2D eigenvalue weighted by atomic mass is 10.2. The van der Waals surface area contributed by atoms with Crippen LogP contribution in [0.2, 0.25) is 0 Å². The van der Waals surface area contributed by atoms with Crippen LogP contribution in [0.15, 0.2) is 35.2 Å². The number of rotatable bonds is 5. The molecule has 9 heteroatoms. The first-order chi connectivity index (χ1) is 13.3. The first-order valence-corrected chi connectivity index (χ1v) is 9.84. The van der Waals surface area contributed by atoms with Crippen LogP contribution in [-0.2, 0) is 0 Å². The lowest BCUT2D eigenvalue weighted by Crippen LogP contribution is -2.49. The van der Waals surface area contributed by atoms with Gasteiger partial charge in [-0.2, -0.15) is 13.8 Å². The van der Waals surface area contributed by atoms with Gasteiger partial charge in [0.05, 0.1) is 5.56 Å². The van der Waals surface area contributed by atoms with Crippen LogP contribution in [0, 0.1) is 6.92 Å². The van der Waals surface area contributed by atoms with Crippen molar-refractivity contribution in [2.75, 3.05) is 50.1 Å². The average molecular weight is 407 g/mol. The fraction of sp³-hybridized carbons (Fsp3) is 0.421. The number of hydrogen-bond acceptors (Lipinski definition) is 6. The summed E-state index contributed by atoms with van der Waals surface area (Å²) in [5.74, 6) is -1.30. The number of amides is 1. The molecule has 150 valence electrons. The number of aryl methyl sites for hydroxylation is 1. The number of carbonyl (C=O) groups excluding carboxylic acids is 1. The molecule has 0 spiro atoms. The predicted octanol–water partition coefficient (Wildman–Crippen LogP) is 3.13. The molecule has 2 heterocycles. The summed E-state index contributed by atoms with van der Waals surface area (Å²) in [4.78, 5) is 27.9. The minimum absolute atomic E-state index is 0.220. The molecule has 1 aliphatic heterocycles. The number of thioether (sulfide) groups is 1. The molecule has 6 nitrogen and oxygen atoms in total. The van der Waals surface area contributed by atoms with Crippen molar-refractivity contribution in [3.63, 3.8) is 0 Å². The third kappa shape index (κ3) is 4.70. The van der Waals surface area contributed by atoms with Crippen molar-refractivity contribution in [3.8, 4) is 0 Å². The number of aromatic nitrogens is 2. The molecule has 0 aliphatic carbocycles. The molecule has 28 heavy (non-hydrogen) atoms. The van der Waals surface area contributed by atoms with Gasteiger partial charge in [-0.3, -0.25) is 4.79 Å². The fourth-order valence-corrected chi connectivity index (χ4v) is 3.66. The van der Waals surface area contributed by atoms with E-state index in [1.165, 1.54) is 0 Å². The minimum Gasteiger partial charge on any atom is -0.363 e. The van der Waals surface area contributed by atoms with E-state index in [9.17, 15) is 13.6 Å². The summed E-state index contributed by atoms with van der Waals surface area (Å²) in [5, 5.41) is 0. The number of carbonyl (C=O) groups is 1. The Hall–Kier alpha value is -2.42. The van der Waals surface area contributed by atoms with Gasteiger partial charge >= 0.3 is 0 Å². The van der Waals surface area contributed by atoms with E-state index in [1.54, 1.807) is 29.2 Å². The van der Waals surface area contributed by atoms with Gasteiger partial charge in [0, 0.05) is 56.9 Å². The van der Waals surface area contributed by atoms with Crippen LogP contribution in [0.4, 0.5) is 20.5 Å². The molecule has 1 saturated heterocycles. The van der Waals surface area contributed by atoms with E-state index < -0.39 is 5.76 Å². The van der Waals surface area contributed by atoms with E-state index in [4.69, 9.17) is 0 Å². The molecule has 0 saturated carbocycles. The Labute approximate surface area is 167 Å². The lowest BCUT2D eigenvalue weighted by molar-refractivity contribution is 0.0742. The molecule has 3 rings (SSSR count). The minimum atomic E-state index is -2.56. The fourth-order valence-electron chi connectivity index (χ4n) is 3.03. The second kappa shape index (κ2) is 8.72. The molecule has 1 aromatic heterocycles. The second-order valence-corrected chi connectivity index (χ2v) is 7.75. The maximum absolute atomic E-state index is 12.9. The maximum Gasteiger partial charge on any atom is 0.288 e. The van der Waals surface area contributed by atoms with Gasteiger partial charge < -0.3 is 14.7 Å². The SMILES string of the molecule is Cc1cc(N(C)C)nc(N2CCN(C(=O)c3ccccc3SC(F)F)CC2)n1. The van der Waals surface area contributed by atoms with Crippen LogP contribution in [0.25, 0.3) is 0 Å². The first-order valence-electron chi connectivity index (χ1n) is 8.96. The van der Waals surface area contributed by atoms with Crippen molar-refractivity contribution < 1.29 is 13.6 Å². The smallest absolute Gasteiger partial charge is 0.288 e. The van der Waals surface area contributed by atoms with Crippen molar-refractivity contribution in [1.82, 2.24) is 14.9 Å². The highest BCUT2D eigenvalue weighted by atomic mass is 32.2. The van der Waals surface area contributed by atoms with E-state index in [1.807, 2.05) is 36.9 Å². The Balaban J connectivity index is 1.70. The summed E-state index contributed by atoms with van der Waals surface area (Å²) < 4.78 is 25.6. The molecule has 0 atom stereocenters. The monoisotopic (exact) mass is 407 g/mol. The van der Waals surface area contributed by atoms with E-state index in [-0.39, 0.29) is 5.91 Å². The summed E-state index contributed by atoms with van der Waals surface area (Å²) in [5.41, 5.74) is 1.20. The largest absolute Gasteiger partial charge is 0.363 e. The third-order valence-corrected chi connectivity index (χ3v) is 5.26. The zero-order valence-electron chi connectivity index (χ0n) is 16.1. The summed E-state index contributed by atoms with van der Waals surface area (Å²) in [6.07, 6.45) is 0. The summed E-state index contributed by atoms with van der Waals surface area (Å²) >= 11 is 0.405. The van der Waals surface area contributed by atoms with Crippen molar-refractivity contribution in [2.24, 2.45) is 0 Å². The number of hydrogen-bond donors (Lipinski definition) is 0. The molecule has 1 aliphatic rings. The number of nitrogens with zero attached hydrogens (tertiary/aromatic N) is 5. The van der Waals surface area contributed by atoms with Gasteiger partial charge in [-0.25, -0.2) is 4.98 Å². The number of benzene rings is 1. The van der Waals surface area contributed by atoms with Crippen molar-refractivity contribution in [2.45, 2.75) is 17.6 Å². The molecule has 0 bridgehead atoms. The van der Waals surface area contributed by atoms with E-state index in [2.05, 4.69) is 9.97 Å². The molecule has 0 N–H and O–H groups in total. The topological polar surface area (TPSA) is 52.6 Å². The molecule has 1 aromatic carbocycles. The normalized spacial score (nSPS) is 14.5. The van der Waals surface area contributed by atoms with Gasteiger partial charge in [0.1, 0.15) is 5.82 Å².